The molecule has 1 heterocycles. The van der Waals surface area contributed by atoms with Crippen molar-refractivity contribution >= 4 is 33.5 Å². The number of sulfonamides is 1. The van der Waals surface area contributed by atoms with E-state index >= 15 is 0 Å². The van der Waals surface area contributed by atoms with E-state index in [1.54, 1.807) is 0 Å². The highest BCUT2D eigenvalue weighted by Gasteiger charge is 2.34. The number of carbonyl (C=O) groups excluding carboxylic acids is 1. The number of carbonyl (C=O) groups is 2. The molecule has 1 aliphatic rings. The van der Waals surface area contributed by atoms with Gasteiger partial charge in [0.2, 0.25) is 15.9 Å². The summed E-state index contributed by atoms with van der Waals surface area (Å²) < 4.78 is 26.3. The Kier molecular flexibility index (Phi) is 4.74. The second kappa shape index (κ2) is 6.23. The van der Waals surface area contributed by atoms with E-state index in [9.17, 15) is 18.0 Å². The Bertz CT molecular complexity index is 719. The molecule has 7 nitrogen and oxygen atoms in total. The number of nitrogens with zero attached hydrogens (tertiary/aromatic N) is 1. The van der Waals surface area contributed by atoms with Crippen molar-refractivity contribution in [3.8, 4) is 0 Å². The maximum Gasteiger partial charge on any atom is 0.335 e. The summed E-state index contributed by atoms with van der Waals surface area (Å²) in [5, 5.41) is 11.4. The van der Waals surface area contributed by atoms with Crippen LogP contribution in [0.2, 0.25) is 5.02 Å². The summed E-state index contributed by atoms with van der Waals surface area (Å²) in [4.78, 5) is 21.7. The van der Waals surface area contributed by atoms with Crippen molar-refractivity contribution in [2.24, 2.45) is 0 Å². The van der Waals surface area contributed by atoms with E-state index in [-0.39, 0.29) is 40.5 Å². The minimum atomic E-state index is -3.82. The van der Waals surface area contributed by atoms with Gasteiger partial charge >= 0.3 is 5.97 Å². The van der Waals surface area contributed by atoms with Crippen molar-refractivity contribution in [1.29, 1.82) is 0 Å². The maximum atomic E-state index is 12.5. The molecule has 22 heavy (non-hydrogen) atoms. The summed E-state index contributed by atoms with van der Waals surface area (Å²) in [5.41, 5.74) is -0.0819. The Balaban J connectivity index is 2.24. The lowest BCUT2D eigenvalue weighted by Gasteiger charge is -2.18. The molecule has 0 aliphatic carbocycles. The number of halogens is 1. The summed E-state index contributed by atoms with van der Waals surface area (Å²) in [7, 11) is -3.82. The summed E-state index contributed by atoms with van der Waals surface area (Å²) in [6, 6.07) is 3.26. The lowest BCUT2D eigenvalue weighted by molar-refractivity contribution is -0.119. The predicted molar refractivity (Wildman–Crippen MR) is 79.4 cm³/mol. The monoisotopic (exact) mass is 346 g/mol. The second-order valence-electron chi connectivity index (χ2n) is 5.00. The van der Waals surface area contributed by atoms with E-state index in [1.807, 2.05) is 0 Å². The van der Waals surface area contributed by atoms with Crippen LogP contribution in [0.5, 0.6) is 0 Å². The number of carboxylic acids is 1. The lowest BCUT2D eigenvalue weighted by Crippen LogP contribution is -2.37. The standard InChI is InChI=1S/C13H15ClN2O5S/c1-8(17)15-10-4-5-16(7-10)22(20,21)12-3-2-9(13(18)19)6-11(12)14/h2-3,6,10H,4-5,7H2,1H3,(H,15,17)(H,18,19). The molecule has 9 heteroatoms. The topological polar surface area (TPSA) is 104 Å². The Labute approximate surface area is 132 Å². The van der Waals surface area contributed by atoms with E-state index in [1.165, 1.54) is 23.4 Å². The zero-order chi connectivity index (χ0) is 16.5. The van der Waals surface area contributed by atoms with Crippen molar-refractivity contribution < 1.29 is 23.1 Å². The number of benzene rings is 1. The van der Waals surface area contributed by atoms with E-state index in [0.29, 0.717) is 6.42 Å². The molecular formula is C13H15ClN2O5S. The van der Waals surface area contributed by atoms with Gasteiger partial charge < -0.3 is 10.4 Å². The molecule has 1 fully saturated rings. The highest BCUT2D eigenvalue weighted by Crippen LogP contribution is 2.28. The minimum Gasteiger partial charge on any atom is -0.478 e. The predicted octanol–water partition coefficient (Wildman–Crippen LogP) is 0.937. The number of carboxylic acid groups (broad SMARTS) is 1. The largest absolute Gasteiger partial charge is 0.478 e. The molecular weight excluding hydrogens is 332 g/mol. The van der Waals surface area contributed by atoms with Crippen molar-refractivity contribution in [1.82, 2.24) is 9.62 Å². The molecule has 0 spiro atoms. The van der Waals surface area contributed by atoms with Crippen LogP contribution in [0.1, 0.15) is 23.7 Å². The van der Waals surface area contributed by atoms with Crippen LogP contribution in [0.4, 0.5) is 0 Å². The van der Waals surface area contributed by atoms with Gasteiger partial charge in [-0.25, -0.2) is 13.2 Å². The fraction of sp³-hybridized carbons (Fsp3) is 0.385. The average Bonchev–Trinajstić information content (AvgIpc) is 2.86. The molecule has 120 valence electrons. The lowest BCUT2D eigenvalue weighted by atomic mass is 10.2. The van der Waals surface area contributed by atoms with Gasteiger partial charge in [0.15, 0.2) is 0 Å². The fourth-order valence-electron chi connectivity index (χ4n) is 2.33. The molecule has 1 amide bonds. The maximum absolute atomic E-state index is 12.5. The van der Waals surface area contributed by atoms with Gasteiger partial charge in [0.05, 0.1) is 10.6 Å². The molecule has 0 bridgehead atoms. The van der Waals surface area contributed by atoms with Gasteiger partial charge in [0, 0.05) is 26.1 Å². The molecule has 2 N–H and O–H groups in total. The number of hydrogen-bond acceptors (Lipinski definition) is 4. The van der Waals surface area contributed by atoms with Gasteiger partial charge in [0.1, 0.15) is 4.90 Å². The quantitative estimate of drug-likeness (QED) is 0.844. The average molecular weight is 347 g/mol. The number of hydrogen-bond donors (Lipinski definition) is 2. The molecule has 0 aromatic heterocycles. The fourth-order valence-corrected chi connectivity index (χ4v) is 4.35. The molecule has 1 unspecified atom stereocenters. The molecule has 2 rings (SSSR count). The van der Waals surface area contributed by atoms with Crippen LogP contribution >= 0.6 is 11.6 Å². The molecule has 0 radical (unpaired) electrons. The summed E-state index contributed by atoms with van der Waals surface area (Å²) in [6.07, 6.45) is 0.517. The summed E-state index contributed by atoms with van der Waals surface area (Å²) in [5.74, 6) is -1.40. The van der Waals surface area contributed by atoms with Crippen LogP contribution < -0.4 is 5.32 Å². The van der Waals surface area contributed by atoms with Gasteiger partial charge in [-0.3, -0.25) is 4.79 Å². The number of amides is 1. The highest BCUT2D eigenvalue weighted by atomic mass is 35.5. The number of rotatable bonds is 4. The van der Waals surface area contributed by atoms with Crippen molar-refractivity contribution in [3.63, 3.8) is 0 Å². The first-order valence-corrected chi connectivity index (χ1v) is 8.33. The highest BCUT2D eigenvalue weighted by molar-refractivity contribution is 7.89. The first kappa shape index (κ1) is 16.7. The third-order valence-corrected chi connectivity index (χ3v) is 5.70. The van der Waals surface area contributed by atoms with Crippen LogP contribution in [0.3, 0.4) is 0 Å². The smallest absolute Gasteiger partial charge is 0.335 e. The van der Waals surface area contributed by atoms with E-state index in [2.05, 4.69) is 5.32 Å². The first-order chi connectivity index (χ1) is 10.2. The molecule has 1 aliphatic heterocycles. The van der Waals surface area contributed by atoms with Gasteiger partial charge in [-0.15, -0.1) is 0 Å². The Morgan fingerprint density at radius 3 is 2.64 bits per heavy atom. The summed E-state index contributed by atoms with van der Waals surface area (Å²) >= 11 is 5.92. The molecule has 1 aromatic carbocycles. The zero-order valence-corrected chi connectivity index (χ0v) is 13.3. The first-order valence-electron chi connectivity index (χ1n) is 6.52. The van der Waals surface area contributed by atoms with Gasteiger partial charge in [-0.2, -0.15) is 4.31 Å². The van der Waals surface area contributed by atoms with Crippen LogP contribution in [0, 0.1) is 0 Å². The van der Waals surface area contributed by atoms with Crippen LogP contribution in [0.15, 0.2) is 23.1 Å². The Morgan fingerprint density at radius 1 is 1.41 bits per heavy atom. The van der Waals surface area contributed by atoms with Crippen LogP contribution in [-0.2, 0) is 14.8 Å². The minimum absolute atomic E-state index is 0.0819. The Hall–Kier alpha value is -1.64. The van der Waals surface area contributed by atoms with Crippen molar-refractivity contribution in [2.45, 2.75) is 24.3 Å². The number of nitrogens with one attached hydrogen (secondary N) is 1. The number of aromatic carboxylic acids is 1. The van der Waals surface area contributed by atoms with E-state index in [4.69, 9.17) is 16.7 Å². The molecule has 1 aromatic rings. The second-order valence-corrected chi connectivity index (χ2v) is 7.31. The van der Waals surface area contributed by atoms with Crippen LogP contribution in [0.25, 0.3) is 0 Å². The molecule has 1 saturated heterocycles. The van der Waals surface area contributed by atoms with Gasteiger partial charge in [-0.05, 0) is 24.6 Å². The zero-order valence-electron chi connectivity index (χ0n) is 11.7. The molecule has 1 atom stereocenters. The van der Waals surface area contributed by atoms with E-state index in [0.717, 1.165) is 6.07 Å². The Morgan fingerprint density at radius 2 is 2.09 bits per heavy atom. The molecule has 0 saturated carbocycles. The van der Waals surface area contributed by atoms with Gasteiger partial charge in [-0.1, -0.05) is 11.6 Å². The van der Waals surface area contributed by atoms with E-state index < -0.39 is 16.0 Å². The van der Waals surface area contributed by atoms with Crippen molar-refractivity contribution in [3.05, 3.63) is 28.8 Å². The van der Waals surface area contributed by atoms with Crippen LogP contribution in [-0.4, -0.2) is 48.8 Å². The normalized spacial score (nSPS) is 19.1. The van der Waals surface area contributed by atoms with Crippen molar-refractivity contribution in [2.75, 3.05) is 13.1 Å². The van der Waals surface area contributed by atoms with Gasteiger partial charge in [0.25, 0.3) is 0 Å². The SMILES string of the molecule is CC(=O)NC1CCN(S(=O)(=O)c2ccc(C(=O)O)cc2Cl)C1. The third-order valence-electron chi connectivity index (χ3n) is 3.36. The summed E-state index contributed by atoms with van der Waals surface area (Å²) in [6.45, 7) is 1.81. The third kappa shape index (κ3) is 3.40.